The fourth-order valence-corrected chi connectivity index (χ4v) is 4.34. The number of ether oxygens (including phenoxy) is 1. The van der Waals surface area contributed by atoms with E-state index in [4.69, 9.17) is 16.3 Å². The Morgan fingerprint density at radius 1 is 1.20 bits per heavy atom. The van der Waals surface area contributed by atoms with Gasteiger partial charge in [-0.1, -0.05) is 23.8 Å². The molecule has 7 heteroatoms. The predicted molar refractivity (Wildman–Crippen MR) is 91.4 cm³/mol. The maximum atomic E-state index is 12.7. The van der Waals surface area contributed by atoms with Gasteiger partial charge in [-0.25, -0.2) is 0 Å². The van der Waals surface area contributed by atoms with Gasteiger partial charge in [0.15, 0.2) is 11.5 Å². The Morgan fingerprint density at radius 3 is 2.32 bits per heavy atom. The van der Waals surface area contributed by atoms with E-state index in [-0.39, 0.29) is 52.0 Å². The zero-order chi connectivity index (χ0) is 17.7. The number of hydrogen-bond donors (Lipinski definition) is 1. The first-order valence-electron chi connectivity index (χ1n) is 8.18. The Kier molecular flexibility index (Phi) is 3.80. The minimum Gasteiger partial charge on any atom is -0.503 e. The van der Waals surface area contributed by atoms with Gasteiger partial charge in [0.05, 0.1) is 30.2 Å². The minimum absolute atomic E-state index is 0.107. The lowest BCUT2D eigenvalue weighted by atomic mass is 9.63. The number of hydrazone groups is 1. The molecule has 1 aromatic carbocycles. The van der Waals surface area contributed by atoms with Crippen LogP contribution in [0.4, 0.5) is 0 Å². The number of phenolic OH excluding ortho intramolecular Hbond substituents is 1. The summed E-state index contributed by atoms with van der Waals surface area (Å²) < 4.78 is 5.04. The molecule has 1 aliphatic heterocycles. The maximum absolute atomic E-state index is 12.7. The Hall–Kier alpha value is -2.34. The molecule has 1 aromatic rings. The Labute approximate surface area is 149 Å². The lowest BCUT2D eigenvalue weighted by Crippen LogP contribution is -2.38. The molecule has 4 aliphatic rings. The summed E-state index contributed by atoms with van der Waals surface area (Å²) in [5, 5.41) is 15.0. The lowest BCUT2D eigenvalue weighted by Gasteiger charge is -2.37. The maximum Gasteiger partial charge on any atom is 0.254 e. The summed E-state index contributed by atoms with van der Waals surface area (Å²) in [5.74, 6) is -0.737. The van der Waals surface area contributed by atoms with E-state index in [1.54, 1.807) is 0 Å². The van der Waals surface area contributed by atoms with Crippen molar-refractivity contribution in [3.05, 3.63) is 34.9 Å². The van der Waals surface area contributed by atoms with Crippen molar-refractivity contribution in [2.75, 3.05) is 7.11 Å². The molecule has 0 radical (unpaired) electrons. The van der Waals surface area contributed by atoms with Gasteiger partial charge in [-0.15, -0.1) is 0 Å². The first-order valence-corrected chi connectivity index (χ1v) is 8.55. The highest BCUT2D eigenvalue weighted by Gasteiger charge is 2.56. The number of phenols is 1. The molecule has 1 heterocycles. The van der Waals surface area contributed by atoms with Crippen LogP contribution in [0.1, 0.15) is 18.4 Å². The normalized spacial score (nSPS) is 30.4. The molecule has 1 N–H and O–H groups in total. The topological polar surface area (TPSA) is 79.2 Å². The van der Waals surface area contributed by atoms with Crippen molar-refractivity contribution in [1.82, 2.24) is 5.01 Å². The third kappa shape index (κ3) is 2.43. The Morgan fingerprint density at radius 2 is 1.80 bits per heavy atom. The standard InChI is InChI=1S/C18H17ClN2O4/c1-25-13-7-9(6-12(19)16(13)22)8-20-21-17(23)14-10-2-3-11(5-4-10)15(14)18(21)24/h2-3,6-8,10-11,14-15,22H,4-5H2,1H3/b20-8-/t10-,11-,14-,15+/m0/s1. The SMILES string of the molecule is COc1cc(/C=N\N2C(=O)[C@@H]3[C@H](C2=O)[C@H]2C=C[C@H]3CC2)cc(Cl)c1O. The van der Waals surface area contributed by atoms with Crippen LogP contribution in [0.25, 0.3) is 0 Å². The molecule has 4 atom stereocenters. The number of benzene rings is 1. The molecule has 3 aliphatic carbocycles. The highest BCUT2D eigenvalue weighted by Crippen LogP contribution is 2.49. The van der Waals surface area contributed by atoms with Crippen LogP contribution >= 0.6 is 11.6 Å². The third-order valence-corrected chi connectivity index (χ3v) is 5.62. The van der Waals surface area contributed by atoms with Gasteiger partial charge in [0.2, 0.25) is 0 Å². The first kappa shape index (κ1) is 16.1. The van der Waals surface area contributed by atoms with Crippen molar-refractivity contribution in [2.45, 2.75) is 12.8 Å². The molecule has 130 valence electrons. The molecule has 0 spiro atoms. The van der Waals surface area contributed by atoms with Crippen molar-refractivity contribution in [3.8, 4) is 11.5 Å². The van der Waals surface area contributed by atoms with Crippen molar-refractivity contribution in [1.29, 1.82) is 0 Å². The van der Waals surface area contributed by atoms with E-state index >= 15 is 0 Å². The second-order valence-corrected chi connectivity index (χ2v) is 7.04. The monoisotopic (exact) mass is 360 g/mol. The van der Waals surface area contributed by atoms with E-state index in [2.05, 4.69) is 17.3 Å². The fourth-order valence-electron chi connectivity index (χ4n) is 4.12. The summed E-state index contributed by atoms with van der Waals surface area (Å²) in [6.07, 6.45) is 7.42. The number of allylic oxidation sites excluding steroid dienone is 2. The fraction of sp³-hybridized carbons (Fsp3) is 0.389. The number of fused-ring (bicyclic) bond motifs is 1. The molecule has 1 saturated carbocycles. The van der Waals surface area contributed by atoms with Crippen LogP contribution in [0.5, 0.6) is 11.5 Å². The molecule has 0 aromatic heterocycles. The molecule has 6 nitrogen and oxygen atoms in total. The summed E-state index contributed by atoms with van der Waals surface area (Å²) in [5.41, 5.74) is 0.524. The van der Waals surface area contributed by atoms with Gasteiger partial charge in [-0.2, -0.15) is 10.1 Å². The van der Waals surface area contributed by atoms with Crippen LogP contribution in [0.2, 0.25) is 5.02 Å². The van der Waals surface area contributed by atoms with E-state index in [1.165, 1.54) is 25.5 Å². The zero-order valence-corrected chi connectivity index (χ0v) is 14.3. The molecule has 0 unspecified atom stereocenters. The highest BCUT2D eigenvalue weighted by atomic mass is 35.5. The van der Waals surface area contributed by atoms with Gasteiger partial charge in [-0.3, -0.25) is 9.59 Å². The number of carbonyl (C=O) groups excluding carboxylic acids is 2. The summed E-state index contributed by atoms with van der Waals surface area (Å²) in [4.78, 5) is 25.3. The number of hydrogen-bond acceptors (Lipinski definition) is 5. The second kappa shape index (κ2) is 5.88. The molecule has 2 fully saturated rings. The van der Waals surface area contributed by atoms with Gasteiger partial charge in [0.25, 0.3) is 11.8 Å². The molecule has 2 bridgehead atoms. The number of nitrogens with zero attached hydrogens (tertiary/aromatic N) is 2. The van der Waals surface area contributed by atoms with Crippen molar-refractivity contribution in [3.63, 3.8) is 0 Å². The molecular weight excluding hydrogens is 344 g/mol. The summed E-state index contributed by atoms with van der Waals surface area (Å²) in [6.45, 7) is 0. The second-order valence-electron chi connectivity index (χ2n) is 6.63. The number of aromatic hydroxyl groups is 1. The van der Waals surface area contributed by atoms with E-state index < -0.39 is 0 Å². The zero-order valence-electron chi connectivity index (χ0n) is 13.6. The predicted octanol–water partition coefficient (Wildman–Crippen LogP) is 2.59. The average molecular weight is 361 g/mol. The number of methoxy groups -OCH3 is 1. The number of halogens is 1. The van der Waals surface area contributed by atoms with Crippen LogP contribution in [-0.2, 0) is 9.59 Å². The van der Waals surface area contributed by atoms with Crippen LogP contribution in [-0.4, -0.2) is 35.3 Å². The van der Waals surface area contributed by atoms with Crippen molar-refractivity contribution in [2.24, 2.45) is 28.8 Å². The number of rotatable bonds is 3. The van der Waals surface area contributed by atoms with E-state index in [0.29, 0.717) is 5.56 Å². The molecule has 2 amide bonds. The summed E-state index contributed by atoms with van der Waals surface area (Å²) in [7, 11) is 1.41. The van der Waals surface area contributed by atoms with E-state index in [1.807, 2.05) is 0 Å². The summed E-state index contributed by atoms with van der Waals surface area (Å²) >= 11 is 5.95. The van der Waals surface area contributed by atoms with Crippen molar-refractivity contribution >= 4 is 29.6 Å². The van der Waals surface area contributed by atoms with Gasteiger partial charge in [-0.05, 0) is 42.4 Å². The van der Waals surface area contributed by atoms with Crippen molar-refractivity contribution < 1.29 is 19.4 Å². The summed E-state index contributed by atoms with van der Waals surface area (Å²) in [6, 6.07) is 3.03. The Bertz CT molecular complexity index is 788. The molecule has 5 rings (SSSR count). The lowest BCUT2D eigenvalue weighted by molar-refractivity contribution is -0.140. The largest absolute Gasteiger partial charge is 0.503 e. The minimum atomic E-state index is -0.286. The van der Waals surface area contributed by atoms with Gasteiger partial charge in [0.1, 0.15) is 0 Å². The van der Waals surface area contributed by atoms with E-state index in [9.17, 15) is 14.7 Å². The third-order valence-electron chi connectivity index (χ3n) is 5.33. The number of imide groups is 1. The molecule has 25 heavy (non-hydrogen) atoms. The Balaban J connectivity index is 1.62. The van der Waals surface area contributed by atoms with Crippen LogP contribution in [0.15, 0.2) is 29.4 Å². The molecule has 1 saturated heterocycles. The van der Waals surface area contributed by atoms with Gasteiger partial charge < -0.3 is 9.84 Å². The average Bonchev–Trinajstić information content (AvgIpc) is 2.90. The number of amides is 2. The van der Waals surface area contributed by atoms with Crippen LogP contribution in [0.3, 0.4) is 0 Å². The van der Waals surface area contributed by atoms with Gasteiger partial charge in [0, 0.05) is 0 Å². The number of carbonyl (C=O) groups is 2. The highest BCUT2D eigenvalue weighted by molar-refractivity contribution is 6.32. The van der Waals surface area contributed by atoms with Crippen LogP contribution in [0, 0.1) is 23.7 Å². The molecular formula is C18H17ClN2O4. The van der Waals surface area contributed by atoms with E-state index in [0.717, 1.165) is 17.9 Å². The van der Waals surface area contributed by atoms with Crippen LogP contribution < -0.4 is 4.74 Å². The first-order chi connectivity index (χ1) is 12.0. The van der Waals surface area contributed by atoms with Gasteiger partial charge >= 0.3 is 0 Å². The quantitative estimate of drug-likeness (QED) is 0.510. The smallest absolute Gasteiger partial charge is 0.254 e.